The van der Waals surface area contributed by atoms with Crippen molar-refractivity contribution in [1.82, 2.24) is 20.2 Å². The van der Waals surface area contributed by atoms with Crippen LogP contribution in [0.5, 0.6) is 0 Å². The highest BCUT2D eigenvalue weighted by Gasteiger charge is 2.54. The Balaban J connectivity index is 1.94. The van der Waals surface area contributed by atoms with E-state index in [2.05, 4.69) is 10.2 Å². The molecule has 3 rings (SSSR count). The fraction of sp³-hybridized carbons (Fsp3) is 0.625. The summed E-state index contributed by atoms with van der Waals surface area (Å²) in [5, 5.41) is 17.6. The zero-order chi connectivity index (χ0) is 11.3. The number of hydrogen-bond acceptors (Lipinski definition) is 6. The second-order valence-corrected chi connectivity index (χ2v) is 4.16. The summed E-state index contributed by atoms with van der Waals surface area (Å²) in [6.07, 6.45) is 2.32. The number of hydroxylamine groups is 2. The molecule has 3 heterocycles. The minimum Gasteiger partial charge on any atom is -0.426 e. The molecule has 2 amide bonds. The van der Waals surface area contributed by atoms with Gasteiger partial charge in [-0.15, -0.1) is 10.2 Å². The molecule has 16 heavy (non-hydrogen) atoms. The van der Waals surface area contributed by atoms with Gasteiger partial charge in [-0.3, -0.25) is 5.21 Å². The zero-order valence-electron chi connectivity index (χ0n) is 8.41. The first-order valence-electron chi connectivity index (χ1n) is 4.96. The Kier molecular flexibility index (Phi) is 1.74. The first-order valence-corrected chi connectivity index (χ1v) is 4.96. The van der Waals surface area contributed by atoms with Crippen molar-refractivity contribution in [3.8, 4) is 0 Å². The molecule has 86 valence electrons. The van der Waals surface area contributed by atoms with Crippen molar-refractivity contribution in [2.45, 2.75) is 24.5 Å². The van der Waals surface area contributed by atoms with Crippen molar-refractivity contribution in [3.63, 3.8) is 0 Å². The van der Waals surface area contributed by atoms with E-state index in [1.165, 1.54) is 11.3 Å². The number of fused-ring (bicyclic) bond motifs is 2. The number of piperidine rings is 1. The maximum absolute atomic E-state index is 11.7. The van der Waals surface area contributed by atoms with Crippen molar-refractivity contribution < 1.29 is 14.4 Å². The van der Waals surface area contributed by atoms with Gasteiger partial charge in [0.15, 0.2) is 0 Å². The minimum atomic E-state index is -0.979. The molecule has 0 radical (unpaired) electrons. The Labute approximate surface area is 90.6 Å². The number of nitrogens with zero attached hydrogens (tertiary/aromatic N) is 4. The highest BCUT2D eigenvalue weighted by Crippen LogP contribution is 2.40. The smallest absolute Gasteiger partial charge is 0.346 e. The highest BCUT2D eigenvalue weighted by molar-refractivity contribution is 5.77. The molecule has 2 fully saturated rings. The molecule has 1 aromatic rings. The largest absolute Gasteiger partial charge is 0.426 e. The molecule has 0 unspecified atom stereocenters. The van der Waals surface area contributed by atoms with E-state index in [0.717, 1.165) is 0 Å². The number of carbonyl (C=O) groups excluding carboxylic acids is 1. The van der Waals surface area contributed by atoms with Gasteiger partial charge in [-0.1, -0.05) is 0 Å². The van der Waals surface area contributed by atoms with E-state index in [-0.39, 0.29) is 12.6 Å². The van der Waals surface area contributed by atoms with E-state index >= 15 is 0 Å². The SMILES string of the molecule is N[C@@]12CC[C@@H](c3nnco3)N(C1)C(=O)N2O. The lowest BCUT2D eigenvalue weighted by Crippen LogP contribution is -2.54. The molecule has 0 aromatic carbocycles. The number of urea groups is 1. The van der Waals surface area contributed by atoms with Crippen LogP contribution in [0.4, 0.5) is 4.79 Å². The second kappa shape index (κ2) is 2.92. The summed E-state index contributed by atoms with van der Waals surface area (Å²) in [7, 11) is 0. The number of amides is 2. The Morgan fingerprint density at radius 3 is 3.19 bits per heavy atom. The summed E-state index contributed by atoms with van der Waals surface area (Å²) in [6, 6.07) is -0.799. The second-order valence-electron chi connectivity index (χ2n) is 4.16. The lowest BCUT2D eigenvalue weighted by atomic mass is 9.96. The van der Waals surface area contributed by atoms with E-state index in [0.29, 0.717) is 23.8 Å². The molecule has 2 atom stereocenters. The van der Waals surface area contributed by atoms with Crippen LogP contribution < -0.4 is 5.73 Å². The van der Waals surface area contributed by atoms with Gasteiger partial charge in [-0.05, 0) is 12.8 Å². The van der Waals surface area contributed by atoms with Crippen LogP contribution in [-0.4, -0.2) is 43.6 Å². The van der Waals surface area contributed by atoms with Gasteiger partial charge in [0.2, 0.25) is 12.3 Å². The first-order chi connectivity index (χ1) is 7.62. The van der Waals surface area contributed by atoms with Crippen LogP contribution in [0.15, 0.2) is 10.8 Å². The minimum absolute atomic E-state index is 0.273. The Morgan fingerprint density at radius 1 is 1.69 bits per heavy atom. The molecule has 3 N–H and O–H groups in total. The normalized spacial score (nSPS) is 33.6. The van der Waals surface area contributed by atoms with Crippen molar-refractivity contribution in [2.24, 2.45) is 5.73 Å². The van der Waals surface area contributed by atoms with Gasteiger partial charge in [-0.25, -0.2) is 4.79 Å². The molecule has 8 heteroatoms. The maximum Gasteiger partial charge on any atom is 0.346 e. The molecule has 1 aromatic heterocycles. The number of aromatic nitrogens is 2. The number of hydrogen-bond donors (Lipinski definition) is 2. The van der Waals surface area contributed by atoms with E-state index in [4.69, 9.17) is 10.2 Å². The van der Waals surface area contributed by atoms with Crippen LogP contribution >= 0.6 is 0 Å². The van der Waals surface area contributed by atoms with Crippen molar-refractivity contribution in [3.05, 3.63) is 12.3 Å². The van der Waals surface area contributed by atoms with Crippen LogP contribution in [0.2, 0.25) is 0 Å². The van der Waals surface area contributed by atoms with E-state index in [9.17, 15) is 10.0 Å². The molecule has 2 bridgehead atoms. The van der Waals surface area contributed by atoms with Gasteiger partial charge in [0.05, 0.1) is 6.54 Å². The average molecular weight is 225 g/mol. The zero-order valence-corrected chi connectivity index (χ0v) is 8.41. The quantitative estimate of drug-likeness (QED) is 0.634. The molecule has 0 spiro atoms. The van der Waals surface area contributed by atoms with E-state index in [1.54, 1.807) is 0 Å². The number of nitrogens with two attached hydrogens (primary N) is 1. The van der Waals surface area contributed by atoms with Crippen LogP contribution in [-0.2, 0) is 0 Å². The molecular weight excluding hydrogens is 214 g/mol. The summed E-state index contributed by atoms with van der Waals surface area (Å²) in [5.41, 5.74) is 4.92. The fourth-order valence-electron chi connectivity index (χ4n) is 2.30. The summed E-state index contributed by atoms with van der Waals surface area (Å²) in [6.45, 7) is 0.273. The summed E-state index contributed by atoms with van der Waals surface area (Å²) >= 11 is 0. The Morgan fingerprint density at radius 2 is 2.50 bits per heavy atom. The third kappa shape index (κ3) is 1.08. The van der Waals surface area contributed by atoms with Gasteiger partial charge in [0.1, 0.15) is 11.7 Å². The molecule has 2 aliphatic heterocycles. The highest BCUT2D eigenvalue weighted by atomic mass is 16.5. The molecule has 2 saturated heterocycles. The maximum atomic E-state index is 11.7. The number of rotatable bonds is 1. The molecule has 0 saturated carbocycles. The van der Waals surface area contributed by atoms with Crippen LogP contribution in [0.25, 0.3) is 0 Å². The lowest BCUT2D eigenvalue weighted by Gasteiger charge is -2.33. The summed E-state index contributed by atoms with van der Waals surface area (Å²) in [4.78, 5) is 13.2. The molecule has 0 aliphatic carbocycles. The van der Waals surface area contributed by atoms with Crippen LogP contribution in [0.3, 0.4) is 0 Å². The first kappa shape index (κ1) is 9.55. The number of carbonyl (C=O) groups is 1. The Hall–Kier alpha value is -1.67. The van der Waals surface area contributed by atoms with Crippen molar-refractivity contribution in [2.75, 3.05) is 6.54 Å². The Bertz CT molecular complexity index is 421. The van der Waals surface area contributed by atoms with Crippen LogP contribution in [0.1, 0.15) is 24.8 Å². The van der Waals surface area contributed by atoms with Crippen molar-refractivity contribution >= 4 is 6.03 Å². The van der Waals surface area contributed by atoms with E-state index < -0.39 is 11.7 Å². The topological polar surface area (TPSA) is 109 Å². The third-order valence-corrected chi connectivity index (χ3v) is 3.18. The summed E-state index contributed by atoms with van der Waals surface area (Å²) in [5.74, 6) is 0.380. The molecule has 8 nitrogen and oxygen atoms in total. The lowest BCUT2D eigenvalue weighted by molar-refractivity contribution is -0.106. The monoisotopic (exact) mass is 225 g/mol. The van der Waals surface area contributed by atoms with Gasteiger partial charge >= 0.3 is 6.03 Å². The van der Waals surface area contributed by atoms with Gasteiger partial charge in [-0.2, -0.15) is 5.06 Å². The predicted molar refractivity (Wildman–Crippen MR) is 48.9 cm³/mol. The van der Waals surface area contributed by atoms with E-state index in [1.807, 2.05) is 0 Å². The predicted octanol–water partition coefficient (Wildman–Crippen LogP) is -0.314. The molecule has 2 aliphatic rings. The van der Waals surface area contributed by atoms with Crippen molar-refractivity contribution in [1.29, 1.82) is 0 Å². The molecular formula is C8H11N5O3. The van der Waals surface area contributed by atoms with Crippen LogP contribution in [0, 0.1) is 0 Å². The summed E-state index contributed by atoms with van der Waals surface area (Å²) < 4.78 is 5.08. The van der Waals surface area contributed by atoms with Gasteiger partial charge in [0, 0.05) is 0 Å². The standard InChI is InChI=1S/C8H11N5O3/c9-8-2-1-5(6-11-10-4-16-6)12(3-8)7(14)13(8)15/h4-5,15H,1-3,9H2/t5-,8+/m0/s1. The average Bonchev–Trinajstić information content (AvgIpc) is 2.84. The fourth-order valence-corrected chi connectivity index (χ4v) is 2.30. The van der Waals surface area contributed by atoms with Gasteiger partial charge < -0.3 is 15.1 Å². The van der Waals surface area contributed by atoms with Gasteiger partial charge in [0.25, 0.3) is 0 Å². The third-order valence-electron chi connectivity index (χ3n) is 3.18.